The van der Waals surface area contributed by atoms with Crippen molar-refractivity contribution in [2.75, 3.05) is 32.6 Å². The van der Waals surface area contributed by atoms with E-state index in [-0.39, 0.29) is 5.82 Å². The lowest BCUT2D eigenvalue weighted by Crippen LogP contribution is -2.38. The Balaban J connectivity index is 2.13. The van der Waals surface area contributed by atoms with Gasteiger partial charge in [-0.1, -0.05) is 18.2 Å². The quantitative estimate of drug-likeness (QED) is 0.647. The maximum absolute atomic E-state index is 13.1. The molecule has 0 radical (unpaired) electrons. The minimum Gasteiger partial charge on any atom is -0.362 e. The number of aliphatic imine (C=N–C) groups is 1. The standard InChI is InChI=1S/C19H26FN5/c1-5-21-19(25(4)14-15-8-10-17(20)11-9-15)23-13-16-7-6-12-22-18(16)24(2)3/h6-12H,5,13-14H2,1-4H3,(H,21,23). The van der Waals surface area contributed by atoms with E-state index < -0.39 is 0 Å². The smallest absolute Gasteiger partial charge is 0.194 e. The molecular weight excluding hydrogens is 317 g/mol. The number of guanidine groups is 1. The molecule has 0 amide bonds. The first-order valence-electron chi connectivity index (χ1n) is 8.36. The van der Waals surface area contributed by atoms with Gasteiger partial charge in [0.2, 0.25) is 0 Å². The predicted molar refractivity (Wildman–Crippen MR) is 101 cm³/mol. The van der Waals surface area contributed by atoms with Crippen molar-refractivity contribution in [3.8, 4) is 0 Å². The van der Waals surface area contributed by atoms with Crippen LogP contribution >= 0.6 is 0 Å². The fourth-order valence-corrected chi connectivity index (χ4v) is 2.52. The molecule has 0 saturated carbocycles. The van der Waals surface area contributed by atoms with E-state index >= 15 is 0 Å². The molecule has 0 fully saturated rings. The topological polar surface area (TPSA) is 43.8 Å². The van der Waals surface area contributed by atoms with Crippen LogP contribution in [0.2, 0.25) is 0 Å². The van der Waals surface area contributed by atoms with Gasteiger partial charge in [0.15, 0.2) is 5.96 Å². The number of aromatic nitrogens is 1. The van der Waals surface area contributed by atoms with E-state index in [0.717, 1.165) is 29.4 Å². The number of nitrogens with zero attached hydrogens (tertiary/aromatic N) is 4. The number of benzene rings is 1. The van der Waals surface area contributed by atoms with Gasteiger partial charge < -0.3 is 15.1 Å². The summed E-state index contributed by atoms with van der Waals surface area (Å²) in [5.74, 6) is 1.50. The average molecular weight is 343 g/mol. The van der Waals surface area contributed by atoms with Crippen LogP contribution in [-0.2, 0) is 13.1 Å². The number of halogens is 1. The van der Waals surface area contributed by atoms with Gasteiger partial charge in [0.05, 0.1) is 6.54 Å². The third kappa shape index (κ3) is 5.45. The molecule has 1 heterocycles. The van der Waals surface area contributed by atoms with Gasteiger partial charge in [-0.3, -0.25) is 0 Å². The zero-order chi connectivity index (χ0) is 18.2. The average Bonchev–Trinajstić information content (AvgIpc) is 2.60. The second-order valence-electron chi connectivity index (χ2n) is 6.03. The number of nitrogens with one attached hydrogen (secondary N) is 1. The summed E-state index contributed by atoms with van der Waals surface area (Å²) >= 11 is 0. The molecule has 0 aliphatic carbocycles. The molecule has 0 aliphatic rings. The van der Waals surface area contributed by atoms with Crippen LogP contribution in [0.15, 0.2) is 47.6 Å². The molecule has 25 heavy (non-hydrogen) atoms. The molecule has 0 atom stereocenters. The molecular formula is C19H26FN5. The van der Waals surface area contributed by atoms with Crippen molar-refractivity contribution < 1.29 is 4.39 Å². The summed E-state index contributed by atoms with van der Waals surface area (Å²) in [4.78, 5) is 13.2. The highest BCUT2D eigenvalue weighted by molar-refractivity contribution is 5.79. The lowest BCUT2D eigenvalue weighted by Gasteiger charge is -2.22. The van der Waals surface area contributed by atoms with Gasteiger partial charge in [0, 0.05) is 46.0 Å². The van der Waals surface area contributed by atoms with Crippen molar-refractivity contribution in [1.29, 1.82) is 0 Å². The summed E-state index contributed by atoms with van der Waals surface area (Å²) in [6.45, 7) is 4.01. The Hall–Kier alpha value is -2.63. The SMILES string of the molecule is CCNC(=NCc1cccnc1N(C)C)N(C)Cc1ccc(F)cc1. The van der Waals surface area contributed by atoms with Gasteiger partial charge in [-0.15, -0.1) is 0 Å². The molecule has 0 spiro atoms. The highest BCUT2D eigenvalue weighted by Gasteiger charge is 2.09. The molecule has 6 heteroatoms. The van der Waals surface area contributed by atoms with Crippen LogP contribution in [0.4, 0.5) is 10.2 Å². The van der Waals surface area contributed by atoms with Crippen molar-refractivity contribution in [3.63, 3.8) is 0 Å². The van der Waals surface area contributed by atoms with Gasteiger partial charge in [-0.2, -0.15) is 0 Å². The van der Waals surface area contributed by atoms with E-state index in [1.807, 2.05) is 50.0 Å². The van der Waals surface area contributed by atoms with Crippen molar-refractivity contribution in [3.05, 3.63) is 59.5 Å². The van der Waals surface area contributed by atoms with Gasteiger partial charge >= 0.3 is 0 Å². The first kappa shape index (κ1) is 18.7. The molecule has 0 aliphatic heterocycles. The van der Waals surface area contributed by atoms with E-state index in [0.29, 0.717) is 13.1 Å². The lowest BCUT2D eigenvalue weighted by molar-refractivity contribution is 0.476. The van der Waals surface area contributed by atoms with E-state index in [2.05, 4.69) is 10.3 Å². The second-order valence-corrected chi connectivity index (χ2v) is 6.03. The number of rotatable bonds is 6. The van der Waals surface area contributed by atoms with Gasteiger partial charge in [0.25, 0.3) is 0 Å². The molecule has 5 nitrogen and oxygen atoms in total. The number of hydrogen-bond acceptors (Lipinski definition) is 3. The van der Waals surface area contributed by atoms with E-state index in [4.69, 9.17) is 4.99 Å². The highest BCUT2D eigenvalue weighted by Crippen LogP contribution is 2.15. The van der Waals surface area contributed by atoms with Crippen LogP contribution in [0.3, 0.4) is 0 Å². The number of pyridine rings is 1. The Kier molecular flexibility index (Phi) is 6.74. The Morgan fingerprint density at radius 3 is 2.52 bits per heavy atom. The molecule has 134 valence electrons. The van der Waals surface area contributed by atoms with Crippen LogP contribution in [0, 0.1) is 5.82 Å². The fraction of sp³-hybridized carbons (Fsp3) is 0.368. The minimum absolute atomic E-state index is 0.222. The Morgan fingerprint density at radius 1 is 1.16 bits per heavy atom. The molecule has 0 unspecified atom stereocenters. The van der Waals surface area contributed by atoms with Crippen LogP contribution in [0.1, 0.15) is 18.1 Å². The molecule has 1 aromatic carbocycles. The maximum atomic E-state index is 13.1. The third-order valence-corrected chi connectivity index (χ3v) is 3.72. The van der Waals surface area contributed by atoms with Gasteiger partial charge in [-0.05, 0) is 30.7 Å². The number of hydrogen-bond donors (Lipinski definition) is 1. The highest BCUT2D eigenvalue weighted by atomic mass is 19.1. The summed E-state index contributed by atoms with van der Waals surface area (Å²) in [7, 11) is 5.92. The van der Waals surface area contributed by atoms with E-state index in [1.54, 1.807) is 18.3 Å². The van der Waals surface area contributed by atoms with Crippen LogP contribution in [0.25, 0.3) is 0 Å². The monoisotopic (exact) mass is 343 g/mol. The lowest BCUT2D eigenvalue weighted by atomic mass is 10.2. The van der Waals surface area contributed by atoms with Crippen molar-refractivity contribution in [2.45, 2.75) is 20.0 Å². The summed E-state index contributed by atoms with van der Waals surface area (Å²) in [5.41, 5.74) is 2.10. The summed E-state index contributed by atoms with van der Waals surface area (Å²) < 4.78 is 13.1. The van der Waals surface area contributed by atoms with Crippen molar-refractivity contribution >= 4 is 11.8 Å². The van der Waals surface area contributed by atoms with Gasteiger partial charge in [0.1, 0.15) is 11.6 Å². The van der Waals surface area contributed by atoms with Crippen LogP contribution in [0.5, 0.6) is 0 Å². The Morgan fingerprint density at radius 2 is 1.88 bits per heavy atom. The largest absolute Gasteiger partial charge is 0.362 e. The molecule has 0 bridgehead atoms. The zero-order valence-electron chi connectivity index (χ0n) is 15.3. The van der Waals surface area contributed by atoms with Crippen LogP contribution in [-0.4, -0.2) is 43.5 Å². The summed E-state index contributed by atoms with van der Waals surface area (Å²) in [5, 5.41) is 3.30. The molecule has 1 aromatic heterocycles. The fourth-order valence-electron chi connectivity index (χ4n) is 2.52. The molecule has 2 aromatic rings. The third-order valence-electron chi connectivity index (χ3n) is 3.72. The molecule has 0 saturated heterocycles. The first-order valence-corrected chi connectivity index (χ1v) is 8.36. The maximum Gasteiger partial charge on any atom is 0.194 e. The van der Waals surface area contributed by atoms with E-state index in [9.17, 15) is 4.39 Å². The minimum atomic E-state index is -0.222. The summed E-state index contributed by atoms with van der Waals surface area (Å²) in [6.07, 6.45) is 1.79. The predicted octanol–water partition coefficient (Wildman–Crippen LogP) is 2.88. The normalized spacial score (nSPS) is 11.3. The van der Waals surface area contributed by atoms with E-state index in [1.165, 1.54) is 12.1 Å². The van der Waals surface area contributed by atoms with Crippen molar-refractivity contribution in [2.24, 2.45) is 4.99 Å². The van der Waals surface area contributed by atoms with Crippen LogP contribution < -0.4 is 10.2 Å². The summed E-state index contributed by atoms with van der Waals surface area (Å²) in [6, 6.07) is 10.5. The van der Waals surface area contributed by atoms with Crippen molar-refractivity contribution in [1.82, 2.24) is 15.2 Å². The molecule has 1 N–H and O–H groups in total. The van der Waals surface area contributed by atoms with Gasteiger partial charge in [-0.25, -0.2) is 14.4 Å². The first-order chi connectivity index (χ1) is 12.0. The Labute approximate surface area is 149 Å². The molecule has 2 rings (SSSR count). The Bertz CT molecular complexity index is 697. The second kappa shape index (κ2) is 9.01. The zero-order valence-corrected chi connectivity index (χ0v) is 15.3. The number of anilines is 1.